The molecule has 6 rings (SSSR count). The summed E-state index contributed by atoms with van der Waals surface area (Å²) in [7, 11) is 2.05. The van der Waals surface area contributed by atoms with Crippen molar-refractivity contribution in [1.29, 1.82) is 0 Å². The second-order valence-electron chi connectivity index (χ2n) is 7.47. The fraction of sp³-hybridized carbons (Fsp3) is 0.0800. The number of pyridine rings is 1. The maximum Gasteiger partial charge on any atom is 0.228 e. The number of hydrogen-bond acceptors (Lipinski definition) is 1. The van der Waals surface area contributed by atoms with Gasteiger partial charge < -0.3 is 4.74 Å². The highest BCUT2D eigenvalue weighted by molar-refractivity contribution is 6.16. The first-order valence-electron chi connectivity index (χ1n) is 9.37. The average molecular weight is 366 g/mol. The van der Waals surface area contributed by atoms with Gasteiger partial charge in [-0.1, -0.05) is 36.4 Å². The third-order valence-corrected chi connectivity index (χ3v) is 5.92. The number of nitrogens with zero attached hydrogens (tertiary/aromatic N) is 1. The molecule has 0 spiro atoms. The zero-order valence-electron chi connectivity index (χ0n) is 15.6. The van der Waals surface area contributed by atoms with Gasteiger partial charge in [-0.25, -0.2) is 8.96 Å². The molecule has 0 fully saturated rings. The van der Waals surface area contributed by atoms with Gasteiger partial charge in [0.1, 0.15) is 24.4 Å². The molecule has 0 amide bonds. The molecule has 28 heavy (non-hydrogen) atoms. The topological polar surface area (TPSA) is 13.1 Å². The quantitative estimate of drug-likeness (QED) is 0.231. The Balaban J connectivity index is 1.86. The van der Waals surface area contributed by atoms with E-state index in [9.17, 15) is 4.39 Å². The molecule has 2 heterocycles. The molecule has 5 aromatic rings. The zero-order valence-corrected chi connectivity index (χ0v) is 15.6. The van der Waals surface area contributed by atoms with Crippen molar-refractivity contribution in [3.8, 4) is 22.8 Å². The summed E-state index contributed by atoms with van der Waals surface area (Å²) < 4.78 is 23.1. The van der Waals surface area contributed by atoms with Crippen molar-refractivity contribution in [2.24, 2.45) is 7.05 Å². The molecule has 1 aromatic heterocycles. The van der Waals surface area contributed by atoms with Crippen molar-refractivity contribution in [3.05, 3.63) is 78.2 Å². The largest absolute Gasteiger partial charge is 0.455 e. The van der Waals surface area contributed by atoms with Crippen LogP contribution in [0.2, 0.25) is 0 Å². The molecule has 134 valence electrons. The van der Waals surface area contributed by atoms with Crippen LogP contribution in [-0.2, 0) is 7.05 Å². The lowest BCUT2D eigenvalue weighted by Gasteiger charge is -2.22. The summed E-state index contributed by atoms with van der Waals surface area (Å²) in [6.07, 6.45) is 2.05. The van der Waals surface area contributed by atoms with Crippen LogP contribution in [0, 0.1) is 12.7 Å². The van der Waals surface area contributed by atoms with Crippen LogP contribution in [0.4, 0.5) is 4.39 Å². The van der Waals surface area contributed by atoms with Crippen molar-refractivity contribution in [3.63, 3.8) is 0 Å². The Morgan fingerprint density at radius 2 is 1.64 bits per heavy atom. The predicted octanol–water partition coefficient (Wildman–Crippen LogP) is 6.19. The van der Waals surface area contributed by atoms with E-state index in [-0.39, 0.29) is 5.82 Å². The number of halogens is 1. The van der Waals surface area contributed by atoms with Gasteiger partial charge in [0.2, 0.25) is 5.69 Å². The monoisotopic (exact) mass is 366 g/mol. The molecule has 0 bridgehead atoms. The van der Waals surface area contributed by atoms with Crippen molar-refractivity contribution >= 4 is 32.3 Å². The SMILES string of the molecule is Cc1c2c(cc3ccccc13)Oc1cc3c(F)cccc3c3cc[n+](C)c-2c13. The summed E-state index contributed by atoms with van der Waals surface area (Å²) in [6.45, 7) is 2.15. The lowest BCUT2D eigenvalue weighted by molar-refractivity contribution is -0.659. The van der Waals surface area contributed by atoms with E-state index in [2.05, 4.69) is 55.1 Å². The molecule has 0 radical (unpaired) electrons. The van der Waals surface area contributed by atoms with Crippen LogP contribution in [0.25, 0.3) is 43.6 Å². The molecule has 0 atom stereocenters. The van der Waals surface area contributed by atoms with Crippen LogP contribution in [0.3, 0.4) is 0 Å². The molecule has 0 aliphatic carbocycles. The van der Waals surface area contributed by atoms with E-state index in [1.807, 2.05) is 18.2 Å². The molecular weight excluding hydrogens is 349 g/mol. The van der Waals surface area contributed by atoms with E-state index in [1.54, 1.807) is 6.07 Å². The highest BCUT2D eigenvalue weighted by Crippen LogP contribution is 2.49. The molecule has 0 unspecified atom stereocenters. The Hall–Kier alpha value is -3.46. The van der Waals surface area contributed by atoms with E-state index in [1.165, 1.54) is 17.0 Å². The van der Waals surface area contributed by atoms with E-state index in [0.29, 0.717) is 11.1 Å². The Morgan fingerprint density at radius 3 is 2.54 bits per heavy atom. The smallest absolute Gasteiger partial charge is 0.228 e. The Kier molecular flexibility index (Phi) is 2.95. The average Bonchev–Trinajstić information content (AvgIpc) is 2.70. The minimum atomic E-state index is -0.227. The standard InChI is InChI=1S/C25H17FNO/c1-14-16-7-4-3-6-15(16)12-21-23(14)25-24-18(10-11-27(25)2)17-8-5-9-20(26)19(17)13-22(24)28-21/h3-13H,1-2H3/q+1. The third-order valence-electron chi connectivity index (χ3n) is 5.92. The fourth-order valence-corrected chi connectivity index (χ4v) is 4.62. The van der Waals surface area contributed by atoms with Gasteiger partial charge in [-0.3, -0.25) is 0 Å². The van der Waals surface area contributed by atoms with Gasteiger partial charge in [0, 0.05) is 16.8 Å². The Labute approximate surface area is 161 Å². The normalized spacial score (nSPS) is 12.4. The first-order valence-corrected chi connectivity index (χ1v) is 9.37. The first-order chi connectivity index (χ1) is 13.6. The predicted molar refractivity (Wildman–Crippen MR) is 110 cm³/mol. The van der Waals surface area contributed by atoms with E-state index >= 15 is 0 Å². The van der Waals surface area contributed by atoms with Gasteiger partial charge in [-0.05, 0) is 46.8 Å². The van der Waals surface area contributed by atoms with Gasteiger partial charge in [0.15, 0.2) is 6.20 Å². The first kappa shape index (κ1) is 15.6. The molecule has 0 N–H and O–H groups in total. The van der Waals surface area contributed by atoms with Crippen molar-refractivity contribution in [2.75, 3.05) is 0 Å². The number of aromatic nitrogens is 1. The van der Waals surface area contributed by atoms with Crippen LogP contribution in [0.15, 0.2) is 66.9 Å². The number of hydrogen-bond donors (Lipinski definition) is 0. The summed E-state index contributed by atoms with van der Waals surface area (Å²) in [5.41, 5.74) is 3.42. The van der Waals surface area contributed by atoms with E-state index in [0.717, 1.165) is 38.6 Å². The molecule has 4 aromatic carbocycles. The fourth-order valence-electron chi connectivity index (χ4n) is 4.62. The summed E-state index contributed by atoms with van der Waals surface area (Å²) in [4.78, 5) is 0. The summed E-state index contributed by atoms with van der Waals surface area (Å²) in [5.74, 6) is 1.30. The lowest BCUT2D eigenvalue weighted by Crippen LogP contribution is -2.31. The number of benzene rings is 4. The van der Waals surface area contributed by atoms with Gasteiger partial charge in [-0.2, -0.15) is 0 Å². The van der Waals surface area contributed by atoms with Crippen molar-refractivity contribution < 1.29 is 13.7 Å². The van der Waals surface area contributed by atoms with Crippen LogP contribution < -0.4 is 9.30 Å². The van der Waals surface area contributed by atoms with Crippen molar-refractivity contribution in [2.45, 2.75) is 6.92 Å². The molecule has 1 aliphatic rings. The third kappa shape index (κ3) is 1.88. The molecule has 3 heteroatoms. The summed E-state index contributed by atoms with van der Waals surface area (Å²) >= 11 is 0. The van der Waals surface area contributed by atoms with Gasteiger partial charge in [0.05, 0.1) is 10.9 Å². The van der Waals surface area contributed by atoms with Crippen LogP contribution in [0.5, 0.6) is 11.5 Å². The molecule has 2 nitrogen and oxygen atoms in total. The Morgan fingerprint density at radius 1 is 0.821 bits per heavy atom. The minimum Gasteiger partial charge on any atom is -0.455 e. The second-order valence-corrected chi connectivity index (χ2v) is 7.47. The summed E-state index contributed by atoms with van der Waals surface area (Å²) in [5, 5.41) is 5.91. The van der Waals surface area contributed by atoms with Gasteiger partial charge >= 0.3 is 0 Å². The van der Waals surface area contributed by atoms with Crippen LogP contribution in [0.1, 0.15) is 5.56 Å². The molecule has 0 saturated heterocycles. The second kappa shape index (κ2) is 5.29. The summed E-state index contributed by atoms with van der Waals surface area (Å²) in [6, 6.07) is 19.6. The molecule has 0 saturated carbocycles. The number of rotatable bonds is 0. The zero-order chi connectivity index (χ0) is 19.0. The Bertz CT molecular complexity index is 1470. The maximum atomic E-state index is 14.5. The number of aryl methyl sites for hydroxylation is 2. The highest BCUT2D eigenvalue weighted by atomic mass is 19.1. The molecule has 1 aliphatic heterocycles. The lowest BCUT2D eigenvalue weighted by atomic mass is 9.90. The van der Waals surface area contributed by atoms with Crippen LogP contribution in [-0.4, -0.2) is 0 Å². The van der Waals surface area contributed by atoms with Crippen LogP contribution >= 0.6 is 0 Å². The minimum absolute atomic E-state index is 0.227. The van der Waals surface area contributed by atoms with Gasteiger partial charge in [0.25, 0.3) is 0 Å². The molecular formula is C25H17FNO+. The van der Waals surface area contributed by atoms with Crippen molar-refractivity contribution in [1.82, 2.24) is 0 Å². The highest BCUT2D eigenvalue weighted by Gasteiger charge is 2.31. The maximum absolute atomic E-state index is 14.5. The number of ether oxygens (including phenoxy) is 1. The van der Waals surface area contributed by atoms with E-state index < -0.39 is 0 Å². The van der Waals surface area contributed by atoms with E-state index in [4.69, 9.17) is 4.74 Å². The number of fused-ring (bicyclic) bond motifs is 5. The van der Waals surface area contributed by atoms with Gasteiger partial charge in [-0.15, -0.1) is 0 Å².